The molecule has 7 nitrogen and oxygen atoms in total. The summed E-state index contributed by atoms with van der Waals surface area (Å²) in [7, 11) is 1.62. The Labute approximate surface area is 145 Å². The van der Waals surface area contributed by atoms with Crippen molar-refractivity contribution in [3.63, 3.8) is 0 Å². The maximum Gasteiger partial charge on any atom is 0.350 e. The van der Waals surface area contributed by atoms with E-state index >= 15 is 0 Å². The number of Topliss-reactive ketones (excluding diaryl/α,β-unsaturated/α-hetero) is 1. The highest BCUT2D eigenvalue weighted by molar-refractivity contribution is 6.35. The van der Waals surface area contributed by atoms with Crippen LogP contribution < -0.4 is 5.69 Å². The van der Waals surface area contributed by atoms with Gasteiger partial charge in [-0.2, -0.15) is 5.10 Å². The summed E-state index contributed by atoms with van der Waals surface area (Å²) in [6.07, 6.45) is 1.82. The number of amides is 1. The second kappa shape index (κ2) is 7.04. The third-order valence-corrected chi connectivity index (χ3v) is 4.60. The molecule has 3 rings (SSSR count). The Hall–Kier alpha value is -2.70. The van der Waals surface area contributed by atoms with Crippen LogP contribution in [0, 0.1) is 0 Å². The number of carbonyl (C=O) groups excluding carboxylic acids is 2. The van der Waals surface area contributed by atoms with Gasteiger partial charge in [-0.1, -0.05) is 25.1 Å². The third-order valence-electron chi connectivity index (χ3n) is 4.60. The van der Waals surface area contributed by atoms with E-state index in [2.05, 4.69) is 5.10 Å². The topological polar surface area (TPSA) is 77.2 Å². The molecule has 1 amide bonds. The number of hydrogen-bond acceptors (Lipinski definition) is 4. The average molecular weight is 342 g/mol. The predicted molar refractivity (Wildman–Crippen MR) is 92.7 cm³/mol. The van der Waals surface area contributed by atoms with Crippen molar-refractivity contribution in [2.75, 3.05) is 13.1 Å². The normalized spacial score (nSPS) is 17.5. The van der Waals surface area contributed by atoms with E-state index in [0.29, 0.717) is 18.9 Å². The lowest BCUT2D eigenvalue weighted by molar-refractivity contribution is -0.145. The number of aryl methyl sites for hydroxylation is 1. The molecule has 1 aromatic heterocycles. The van der Waals surface area contributed by atoms with Gasteiger partial charge in [-0.15, -0.1) is 0 Å². The Kier molecular flexibility index (Phi) is 4.83. The Morgan fingerprint density at radius 3 is 2.64 bits per heavy atom. The Morgan fingerprint density at radius 1 is 1.24 bits per heavy atom. The van der Waals surface area contributed by atoms with E-state index in [1.165, 1.54) is 4.68 Å². The summed E-state index contributed by atoms with van der Waals surface area (Å²) in [4.78, 5) is 38.1. The standard InChI is InChI=1S/C18H22N4O3/c1-3-15(23)17(24)21-11-7-8-13(12-21)16-19-20(2)18(25)22(16)14-9-5-4-6-10-14/h4-6,9-10,13H,3,7-8,11-12H2,1-2H3. The highest BCUT2D eigenvalue weighted by Crippen LogP contribution is 2.26. The first kappa shape index (κ1) is 17.1. The van der Waals surface area contributed by atoms with E-state index in [9.17, 15) is 14.4 Å². The molecule has 2 heterocycles. The number of carbonyl (C=O) groups is 2. The molecular weight excluding hydrogens is 320 g/mol. The van der Waals surface area contributed by atoms with Crippen molar-refractivity contribution in [3.05, 3.63) is 46.6 Å². The van der Waals surface area contributed by atoms with Crippen LogP contribution in [0.4, 0.5) is 0 Å². The number of para-hydroxylation sites is 1. The summed E-state index contributed by atoms with van der Waals surface area (Å²) in [5.41, 5.74) is 0.540. The number of aromatic nitrogens is 3. The van der Waals surface area contributed by atoms with Gasteiger partial charge in [0.1, 0.15) is 5.82 Å². The quantitative estimate of drug-likeness (QED) is 0.784. The zero-order valence-electron chi connectivity index (χ0n) is 14.5. The molecule has 0 radical (unpaired) electrons. The fourth-order valence-corrected chi connectivity index (χ4v) is 3.27. The van der Waals surface area contributed by atoms with Crippen molar-refractivity contribution < 1.29 is 9.59 Å². The third kappa shape index (κ3) is 3.26. The van der Waals surface area contributed by atoms with Crippen LogP contribution in [-0.2, 0) is 16.6 Å². The van der Waals surface area contributed by atoms with Crippen LogP contribution in [0.1, 0.15) is 37.9 Å². The molecule has 0 bridgehead atoms. The summed E-state index contributed by atoms with van der Waals surface area (Å²) in [6.45, 7) is 2.67. The van der Waals surface area contributed by atoms with E-state index in [4.69, 9.17) is 0 Å². The summed E-state index contributed by atoms with van der Waals surface area (Å²) in [5.74, 6) is -0.240. The summed E-state index contributed by atoms with van der Waals surface area (Å²) in [6, 6.07) is 9.35. The molecule has 0 saturated carbocycles. The minimum absolute atomic E-state index is 0.0727. The van der Waals surface area contributed by atoms with Gasteiger partial charge in [0.15, 0.2) is 0 Å². The second-order valence-corrected chi connectivity index (χ2v) is 6.30. The Bertz CT molecular complexity index is 838. The maximum absolute atomic E-state index is 12.5. The van der Waals surface area contributed by atoms with Crippen molar-refractivity contribution in [1.29, 1.82) is 0 Å². The van der Waals surface area contributed by atoms with Gasteiger partial charge in [-0.05, 0) is 25.0 Å². The largest absolute Gasteiger partial charge is 0.350 e. The molecular formula is C18H22N4O3. The van der Waals surface area contributed by atoms with Crippen molar-refractivity contribution in [3.8, 4) is 5.69 Å². The van der Waals surface area contributed by atoms with Gasteiger partial charge in [0.2, 0.25) is 5.78 Å². The van der Waals surface area contributed by atoms with Crippen molar-refractivity contribution in [2.24, 2.45) is 7.05 Å². The first-order valence-corrected chi connectivity index (χ1v) is 8.56. The summed E-state index contributed by atoms with van der Waals surface area (Å²) < 4.78 is 2.92. The average Bonchev–Trinajstić information content (AvgIpc) is 2.96. The minimum Gasteiger partial charge on any atom is -0.335 e. The number of ketones is 1. The smallest absolute Gasteiger partial charge is 0.335 e. The highest BCUT2D eigenvalue weighted by atomic mass is 16.2. The molecule has 1 atom stereocenters. The summed E-state index contributed by atoms with van der Waals surface area (Å²) >= 11 is 0. The Morgan fingerprint density at radius 2 is 1.96 bits per heavy atom. The van der Waals surface area contributed by atoms with E-state index in [1.807, 2.05) is 30.3 Å². The number of nitrogens with zero attached hydrogens (tertiary/aromatic N) is 4. The molecule has 1 fully saturated rings. The van der Waals surface area contributed by atoms with Gasteiger partial charge in [0, 0.05) is 32.5 Å². The monoisotopic (exact) mass is 342 g/mol. The SMILES string of the molecule is CCC(=O)C(=O)N1CCCC(c2nn(C)c(=O)n2-c2ccccc2)C1. The van der Waals surface area contributed by atoms with Crippen LogP contribution in [0.25, 0.3) is 5.69 Å². The van der Waals surface area contributed by atoms with Crippen molar-refractivity contribution in [1.82, 2.24) is 19.2 Å². The zero-order valence-corrected chi connectivity index (χ0v) is 14.5. The van der Waals surface area contributed by atoms with Gasteiger partial charge in [-0.25, -0.2) is 14.0 Å². The van der Waals surface area contributed by atoms with Crippen LogP contribution >= 0.6 is 0 Å². The molecule has 1 unspecified atom stereocenters. The molecule has 7 heteroatoms. The molecule has 132 valence electrons. The maximum atomic E-state index is 12.5. The lowest BCUT2D eigenvalue weighted by atomic mass is 9.96. The van der Waals surface area contributed by atoms with Crippen LogP contribution in [0.15, 0.2) is 35.1 Å². The number of likely N-dealkylation sites (tertiary alicyclic amines) is 1. The minimum atomic E-state index is -0.434. The van der Waals surface area contributed by atoms with Crippen LogP contribution in [0.2, 0.25) is 0 Å². The number of benzene rings is 1. The van der Waals surface area contributed by atoms with Crippen molar-refractivity contribution >= 4 is 11.7 Å². The molecule has 1 aliphatic heterocycles. The molecule has 0 N–H and O–H groups in total. The Balaban J connectivity index is 1.94. The van der Waals surface area contributed by atoms with Crippen LogP contribution in [0.5, 0.6) is 0 Å². The fraction of sp³-hybridized carbons (Fsp3) is 0.444. The number of rotatable bonds is 4. The van der Waals surface area contributed by atoms with Crippen LogP contribution in [0.3, 0.4) is 0 Å². The number of hydrogen-bond donors (Lipinski definition) is 0. The van der Waals surface area contributed by atoms with Crippen LogP contribution in [-0.4, -0.2) is 44.0 Å². The second-order valence-electron chi connectivity index (χ2n) is 6.30. The molecule has 1 aliphatic rings. The first-order valence-electron chi connectivity index (χ1n) is 8.56. The fourth-order valence-electron chi connectivity index (χ4n) is 3.27. The molecule has 1 aromatic carbocycles. The molecule has 0 aliphatic carbocycles. The molecule has 25 heavy (non-hydrogen) atoms. The predicted octanol–water partition coefficient (Wildman–Crippen LogP) is 1.26. The van der Waals surface area contributed by atoms with E-state index < -0.39 is 5.91 Å². The van der Waals surface area contributed by atoms with Gasteiger partial charge in [0.05, 0.1) is 5.69 Å². The zero-order chi connectivity index (χ0) is 18.0. The van der Waals surface area contributed by atoms with E-state index in [1.54, 1.807) is 23.4 Å². The van der Waals surface area contributed by atoms with Gasteiger partial charge in [0.25, 0.3) is 5.91 Å². The lowest BCUT2D eigenvalue weighted by Crippen LogP contribution is -2.43. The lowest BCUT2D eigenvalue weighted by Gasteiger charge is -2.31. The highest BCUT2D eigenvalue weighted by Gasteiger charge is 2.31. The van der Waals surface area contributed by atoms with Gasteiger partial charge < -0.3 is 4.90 Å². The molecule has 1 saturated heterocycles. The number of piperidine rings is 1. The van der Waals surface area contributed by atoms with Gasteiger partial charge >= 0.3 is 5.69 Å². The molecule has 2 aromatic rings. The summed E-state index contributed by atoms with van der Waals surface area (Å²) in [5, 5.41) is 4.41. The van der Waals surface area contributed by atoms with Crippen molar-refractivity contribution in [2.45, 2.75) is 32.1 Å². The first-order chi connectivity index (χ1) is 12.0. The van der Waals surface area contributed by atoms with Gasteiger partial charge in [-0.3, -0.25) is 9.59 Å². The molecule has 0 spiro atoms. The van der Waals surface area contributed by atoms with E-state index in [-0.39, 0.29) is 23.8 Å². The van der Waals surface area contributed by atoms with E-state index in [0.717, 1.165) is 18.5 Å².